The number of methoxy groups -OCH3 is 1. The van der Waals surface area contributed by atoms with Crippen molar-refractivity contribution in [3.63, 3.8) is 0 Å². The van der Waals surface area contributed by atoms with Gasteiger partial charge in [-0.1, -0.05) is 91.0 Å². The number of hydrogen-bond donors (Lipinski definition) is 0. The molecule has 1 unspecified atom stereocenters. The highest BCUT2D eigenvalue weighted by molar-refractivity contribution is 5.16. The highest BCUT2D eigenvalue weighted by Gasteiger charge is 2.56. The van der Waals surface area contributed by atoms with Gasteiger partial charge in [-0.25, -0.2) is 0 Å². The third kappa shape index (κ3) is 6.08. The minimum Gasteiger partial charge on any atom is -0.374 e. The summed E-state index contributed by atoms with van der Waals surface area (Å²) in [5.41, 5.74) is 2.48. The Balaban J connectivity index is 1.48. The predicted molar refractivity (Wildman–Crippen MR) is 126 cm³/mol. The summed E-state index contributed by atoms with van der Waals surface area (Å²) >= 11 is 0. The summed E-state index contributed by atoms with van der Waals surface area (Å²) in [5, 5.41) is 0. The fourth-order valence-corrected chi connectivity index (χ4v) is 4.15. The van der Waals surface area contributed by atoms with Crippen LogP contribution in [0.25, 0.3) is 0 Å². The van der Waals surface area contributed by atoms with E-state index in [1.54, 1.807) is 7.11 Å². The van der Waals surface area contributed by atoms with Crippen molar-refractivity contribution in [1.82, 2.24) is 0 Å². The lowest BCUT2D eigenvalue weighted by Gasteiger charge is -2.34. The summed E-state index contributed by atoms with van der Waals surface area (Å²) in [6.45, 7) is 3.76. The van der Waals surface area contributed by atoms with Gasteiger partial charge in [0.05, 0.1) is 26.4 Å². The average molecular weight is 449 g/mol. The maximum Gasteiger partial charge on any atom is 0.189 e. The third-order valence-electron chi connectivity index (χ3n) is 5.94. The van der Waals surface area contributed by atoms with E-state index in [-0.39, 0.29) is 12.2 Å². The second-order valence-corrected chi connectivity index (χ2v) is 8.42. The monoisotopic (exact) mass is 448 g/mol. The summed E-state index contributed by atoms with van der Waals surface area (Å²) in [6, 6.07) is 30.3. The zero-order valence-corrected chi connectivity index (χ0v) is 19.3. The fraction of sp³-hybridized carbons (Fsp3) is 0.357. The van der Waals surface area contributed by atoms with Gasteiger partial charge in [-0.3, -0.25) is 0 Å². The first-order valence-electron chi connectivity index (χ1n) is 11.3. The molecule has 0 saturated carbocycles. The van der Waals surface area contributed by atoms with E-state index in [1.165, 1.54) is 0 Å². The van der Waals surface area contributed by atoms with E-state index in [1.807, 2.05) is 97.9 Å². The highest BCUT2D eigenvalue weighted by Crippen LogP contribution is 2.38. The zero-order chi connectivity index (χ0) is 22.9. The standard InChI is InChI=1S/C28H32O5/c1-28(32-20-24-16-10-5-11-17-24)26(31-19-23-14-8-4-9-15-23)25(33-27(28)29-2)21-30-18-22-12-6-3-7-13-22/h3-17,25-27H,18-21H2,1-2H3/t25?,26-,27+,28-/m1/s1. The average Bonchev–Trinajstić information content (AvgIpc) is 3.14. The molecule has 1 aliphatic heterocycles. The molecule has 0 aromatic heterocycles. The topological polar surface area (TPSA) is 46.2 Å². The Kier molecular flexibility index (Phi) is 8.26. The van der Waals surface area contributed by atoms with Gasteiger partial charge >= 0.3 is 0 Å². The van der Waals surface area contributed by atoms with E-state index < -0.39 is 11.9 Å². The maximum absolute atomic E-state index is 6.45. The molecule has 0 N–H and O–H groups in total. The first kappa shape index (κ1) is 23.6. The van der Waals surface area contributed by atoms with Gasteiger partial charge in [0.1, 0.15) is 17.8 Å². The van der Waals surface area contributed by atoms with Crippen molar-refractivity contribution in [3.8, 4) is 0 Å². The smallest absolute Gasteiger partial charge is 0.189 e. The molecule has 3 aromatic carbocycles. The molecule has 1 aliphatic rings. The van der Waals surface area contributed by atoms with Crippen molar-refractivity contribution in [2.24, 2.45) is 0 Å². The lowest BCUT2D eigenvalue weighted by molar-refractivity contribution is -0.216. The largest absolute Gasteiger partial charge is 0.374 e. The minimum atomic E-state index is -0.805. The fourth-order valence-electron chi connectivity index (χ4n) is 4.15. The van der Waals surface area contributed by atoms with Crippen LogP contribution in [0, 0.1) is 0 Å². The van der Waals surface area contributed by atoms with Gasteiger partial charge in [0.15, 0.2) is 6.29 Å². The van der Waals surface area contributed by atoms with Crippen LogP contribution in [0.1, 0.15) is 23.6 Å². The summed E-state index contributed by atoms with van der Waals surface area (Å²) in [5.74, 6) is 0. The quantitative estimate of drug-likeness (QED) is 0.407. The van der Waals surface area contributed by atoms with Crippen LogP contribution in [0.4, 0.5) is 0 Å². The predicted octanol–water partition coefficient (Wildman–Crippen LogP) is 5.14. The normalized spacial score (nSPS) is 24.7. The second-order valence-electron chi connectivity index (χ2n) is 8.42. The minimum absolute atomic E-state index is 0.330. The molecule has 4 rings (SSSR count). The molecule has 0 spiro atoms. The van der Waals surface area contributed by atoms with E-state index in [4.69, 9.17) is 23.7 Å². The van der Waals surface area contributed by atoms with Crippen molar-refractivity contribution in [2.75, 3.05) is 13.7 Å². The van der Waals surface area contributed by atoms with Crippen molar-refractivity contribution >= 4 is 0 Å². The summed E-state index contributed by atoms with van der Waals surface area (Å²) in [6.07, 6.45) is -1.28. The first-order valence-corrected chi connectivity index (χ1v) is 11.3. The summed E-state index contributed by atoms with van der Waals surface area (Å²) in [4.78, 5) is 0. The lowest BCUT2D eigenvalue weighted by atomic mass is 9.96. The number of ether oxygens (including phenoxy) is 5. The van der Waals surface area contributed by atoms with Crippen LogP contribution < -0.4 is 0 Å². The van der Waals surface area contributed by atoms with Crippen LogP contribution in [0.2, 0.25) is 0 Å². The molecule has 0 aliphatic carbocycles. The molecule has 4 atom stereocenters. The first-order chi connectivity index (χ1) is 16.2. The van der Waals surface area contributed by atoms with Crippen LogP contribution in [0.3, 0.4) is 0 Å². The maximum atomic E-state index is 6.45. The molecule has 1 heterocycles. The SMILES string of the molecule is CO[C@H]1OC(COCc2ccccc2)[C@@H](OCc2ccccc2)[C@@]1(C)OCc1ccccc1. The van der Waals surface area contributed by atoms with Gasteiger partial charge in [-0.05, 0) is 23.6 Å². The van der Waals surface area contributed by atoms with E-state index in [0.29, 0.717) is 26.4 Å². The van der Waals surface area contributed by atoms with Crippen LogP contribution >= 0.6 is 0 Å². The molecule has 5 heteroatoms. The Morgan fingerprint density at radius 1 is 0.727 bits per heavy atom. The van der Waals surface area contributed by atoms with Crippen LogP contribution in [0.15, 0.2) is 91.0 Å². The van der Waals surface area contributed by atoms with E-state index in [2.05, 4.69) is 0 Å². The Hall–Kier alpha value is -2.54. The van der Waals surface area contributed by atoms with E-state index >= 15 is 0 Å². The molecule has 33 heavy (non-hydrogen) atoms. The van der Waals surface area contributed by atoms with Gasteiger partial charge in [0, 0.05) is 7.11 Å². The van der Waals surface area contributed by atoms with Crippen LogP contribution in [-0.4, -0.2) is 37.8 Å². The van der Waals surface area contributed by atoms with Crippen molar-refractivity contribution < 1.29 is 23.7 Å². The molecule has 3 aromatic rings. The Labute approximate surface area is 196 Å². The molecule has 5 nitrogen and oxygen atoms in total. The van der Waals surface area contributed by atoms with Gasteiger partial charge in [0.25, 0.3) is 0 Å². The molecule has 174 valence electrons. The highest BCUT2D eigenvalue weighted by atomic mass is 16.7. The lowest BCUT2D eigenvalue weighted by Crippen LogP contribution is -2.50. The summed E-state index contributed by atoms with van der Waals surface area (Å²) in [7, 11) is 1.64. The van der Waals surface area contributed by atoms with Gasteiger partial charge in [-0.2, -0.15) is 0 Å². The van der Waals surface area contributed by atoms with E-state index in [0.717, 1.165) is 16.7 Å². The van der Waals surface area contributed by atoms with Crippen LogP contribution in [0.5, 0.6) is 0 Å². The molecular formula is C28H32O5. The number of benzene rings is 3. The molecular weight excluding hydrogens is 416 g/mol. The second kappa shape index (κ2) is 11.5. The van der Waals surface area contributed by atoms with Crippen LogP contribution in [-0.2, 0) is 43.5 Å². The Morgan fingerprint density at radius 3 is 1.79 bits per heavy atom. The third-order valence-corrected chi connectivity index (χ3v) is 5.94. The number of rotatable bonds is 11. The van der Waals surface area contributed by atoms with Crippen molar-refractivity contribution in [2.45, 2.75) is 50.8 Å². The summed E-state index contributed by atoms with van der Waals surface area (Å²) < 4.78 is 30.9. The van der Waals surface area contributed by atoms with Gasteiger partial charge in [0.2, 0.25) is 0 Å². The molecule has 0 bridgehead atoms. The van der Waals surface area contributed by atoms with Crippen molar-refractivity contribution in [1.29, 1.82) is 0 Å². The zero-order valence-electron chi connectivity index (χ0n) is 19.3. The molecule has 1 fully saturated rings. The number of hydrogen-bond acceptors (Lipinski definition) is 5. The van der Waals surface area contributed by atoms with Gasteiger partial charge < -0.3 is 23.7 Å². The molecule has 0 radical (unpaired) electrons. The molecule has 1 saturated heterocycles. The molecule has 0 amide bonds. The van der Waals surface area contributed by atoms with Crippen molar-refractivity contribution in [3.05, 3.63) is 108 Å². The van der Waals surface area contributed by atoms with Gasteiger partial charge in [-0.15, -0.1) is 0 Å². The Bertz CT molecular complexity index is 950. The van der Waals surface area contributed by atoms with E-state index in [9.17, 15) is 0 Å². The Morgan fingerprint density at radius 2 is 1.24 bits per heavy atom.